The summed E-state index contributed by atoms with van der Waals surface area (Å²) in [5.41, 5.74) is 6.45. The van der Waals surface area contributed by atoms with Crippen LogP contribution in [0.25, 0.3) is 0 Å². The smallest absolute Gasteiger partial charge is 0.352 e. The Hall–Kier alpha value is -3.18. The van der Waals surface area contributed by atoms with Crippen LogP contribution in [-0.2, 0) is 25.8 Å². The molecular formula is C26H37N9O5S3. The number of aliphatic carboxylic acids is 1. The number of amides is 2. The molecule has 17 heteroatoms. The van der Waals surface area contributed by atoms with E-state index in [1.54, 1.807) is 10.1 Å². The molecule has 2 unspecified atom stereocenters. The second-order valence-electron chi connectivity index (χ2n) is 10.1. The van der Waals surface area contributed by atoms with Crippen molar-refractivity contribution in [3.8, 4) is 0 Å². The first-order valence-electron chi connectivity index (χ1n) is 14.4. The number of nitrogen functional groups attached to an aromatic ring is 1. The Morgan fingerprint density at radius 2 is 1.98 bits per heavy atom. The minimum Gasteiger partial charge on any atom is -0.477 e. The number of hydrogen-bond donors (Lipinski definition) is 3. The van der Waals surface area contributed by atoms with Gasteiger partial charge in [0.05, 0.1) is 0 Å². The Morgan fingerprint density at radius 3 is 2.67 bits per heavy atom. The number of anilines is 1. The number of tetrazole rings is 1. The van der Waals surface area contributed by atoms with Gasteiger partial charge in [-0.3, -0.25) is 14.5 Å². The number of carboxylic acid groups (broad SMARTS) is 1. The molecule has 4 heterocycles. The summed E-state index contributed by atoms with van der Waals surface area (Å²) in [4.78, 5) is 49.6. The number of unbranched alkanes of at least 4 members (excludes halogenated alkanes) is 6. The molecule has 4 N–H and O–H groups in total. The molecule has 43 heavy (non-hydrogen) atoms. The monoisotopic (exact) mass is 651 g/mol. The molecule has 0 aliphatic carbocycles. The molecule has 0 aromatic carbocycles. The van der Waals surface area contributed by atoms with Crippen LogP contribution in [0.1, 0.15) is 70.9 Å². The molecule has 2 aromatic rings. The highest BCUT2D eigenvalue weighted by molar-refractivity contribution is 8.01. The van der Waals surface area contributed by atoms with Crippen molar-refractivity contribution >= 4 is 63.5 Å². The molecule has 4 rings (SSSR count). The summed E-state index contributed by atoms with van der Waals surface area (Å²) in [6.07, 6.45) is 8.24. The number of thiazole rings is 1. The topological polar surface area (TPSA) is 191 Å². The SMILES string of the molecule is CCCCCCO/N=C(/C(=O)NC1C(=O)N2C(C(=O)O)=C(CSc3nnnn3CCCCCC)CSC12)c1csc(N)n1. The van der Waals surface area contributed by atoms with Gasteiger partial charge in [0.1, 0.15) is 29.4 Å². The van der Waals surface area contributed by atoms with E-state index in [-0.39, 0.29) is 22.2 Å². The third-order valence-electron chi connectivity index (χ3n) is 6.86. The number of rotatable bonds is 18. The Kier molecular flexibility index (Phi) is 12.2. The number of carbonyl (C=O) groups excluding carboxylic acids is 2. The van der Waals surface area contributed by atoms with E-state index in [0.717, 1.165) is 62.7 Å². The standard InChI is InChI=1S/C26H37N9O5S3/c1-3-5-7-9-11-34-26(30-32-33-34)43-14-16-13-41-23-19(22(37)35(23)20(16)24(38)39)29-21(36)18(17-15-42-25(27)28-17)31-40-12-10-8-6-4-2/h15,19,23H,3-14H2,1-2H3,(H2,27,28)(H,29,36)(H,38,39)/b31-18+. The molecule has 2 atom stereocenters. The molecule has 1 saturated heterocycles. The van der Waals surface area contributed by atoms with Gasteiger partial charge in [-0.25, -0.2) is 14.5 Å². The number of oxime groups is 1. The molecule has 0 saturated carbocycles. The number of carboxylic acids is 1. The summed E-state index contributed by atoms with van der Waals surface area (Å²) in [5.74, 6) is -1.67. The van der Waals surface area contributed by atoms with E-state index >= 15 is 0 Å². The summed E-state index contributed by atoms with van der Waals surface area (Å²) in [5, 5.41) is 30.6. The first kappa shape index (κ1) is 32.7. The Balaban J connectivity index is 1.41. The molecule has 2 aromatic heterocycles. The molecule has 1 fully saturated rings. The molecule has 0 radical (unpaired) electrons. The predicted octanol–water partition coefficient (Wildman–Crippen LogP) is 3.12. The molecule has 2 aliphatic heterocycles. The van der Waals surface area contributed by atoms with Crippen molar-refractivity contribution in [1.82, 2.24) is 35.4 Å². The molecule has 234 valence electrons. The number of nitrogens with zero attached hydrogens (tertiary/aromatic N) is 7. The zero-order valence-electron chi connectivity index (χ0n) is 24.2. The van der Waals surface area contributed by atoms with E-state index in [1.807, 2.05) is 0 Å². The van der Waals surface area contributed by atoms with Crippen molar-refractivity contribution in [2.24, 2.45) is 5.16 Å². The maximum absolute atomic E-state index is 13.3. The third-order valence-corrected chi connectivity index (χ3v) is 9.92. The summed E-state index contributed by atoms with van der Waals surface area (Å²) in [7, 11) is 0. The van der Waals surface area contributed by atoms with Crippen LogP contribution < -0.4 is 11.1 Å². The zero-order valence-corrected chi connectivity index (χ0v) is 26.7. The van der Waals surface area contributed by atoms with Gasteiger partial charge in [-0.1, -0.05) is 62.9 Å². The number of hydrogen-bond acceptors (Lipinski definition) is 13. The molecule has 0 bridgehead atoms. The molecule has 14 nitrogen and oxygen atoms in total. The molecule has 0 spiro atoms. The highest BCUT2D eigenvalue weighted by atomic mass is 32.2. The van der Waals surface area contributed by atoms with E-state index in [0.29, 0.717) is 35.4 Å². The van der Waals surface area contributed by atoms with Crippen molar-refractivity contribution in [1.29, 1.82) is 0 Å². The van der Waals surface area contributed by atoms with Crippen molar-refractivity contribution in [2.75, 3.05) is 23.8 Å². The van der Waals surface area contributed by atoms with E-state index in [1.165, 1.54) is 28.4 Å². The van der Waals surface area contributed by atoms with E-state index in [4.69, 9.17) is 10.6 Å². The lowest BCUT2D eigenvalue weighted by Crippen LogP contribution is -2.71. The van der Waals surface area contributed by atoms with Gasteiger partial charge in [0.2, 0.25) is 5.16 Å². The Labute approximate surface area is 262 Å². The number of fused-ring (bicyclic) bond motifs is 1. The summed E-state index contributed by atoms with van der Waals surface area (Å²) in [6.45, 7) is 5.28. The highest BCUT2D eigenvalue weighted by Gasteiger charge is 2.54. The minimum absolute atomic E-state index is 0.0645. The predicted molar refractivity (Wildman–Crippen MR) is 166 cm³/mol. The number of nitrogens with two attached hydrogens (primary N) is 1. The number of aromatic nitrogens is 5. The maximum atomic E-state index is 13.3. The van der Waals surface area contributed by atoms with E-state index in [9.17, 15) is 19.5 Å². The van der Waals surface area contributed by atoms with Gasteiger partial charge in [-0.05, 0) is 35.3 Å². The number of β-lactam (4-membered cyclic amide) rings is 1. The fourth-order valence-electron chi connectivity index (χ4n) is 4.59. The maximum Gasteiger partial charge on any atom is 0.352 e. The normalized spacial score (nSPS) is 18.4. The fourth-order valence-corrected chi connectivity index (χ4v) is 7.52. The Morgan fingerprint density at radius 1 is 1.21 bits per heavy atom. The van der Waals surface area contributed by atoms with Crippen LogP contribution >= 0.6 is 34.9 Å². The van der Waals surface area contributed by atoms with Gasteiger partial charge in [-0.2, -0.15) is 0 Å². The van der Waals surface area contributed by atoms with Crippen LogP contribution in [0.2, 0.25) is 0 Å². The first-order valence-corrected chi connectivity index (χ1v) is 17.3. The largest absolute Gasteiger partial charge is 0.477 e. The van der Waals surface area contributed by atoms with Crippen LogP contribution in [-0.4, -0.2) is 88.2 Å². The fraction of sp³-hybridized carbons (Fsp3) is 0.615. The number of nitrogens with one attached hydrogen (secondary N) is 1. The van der Waals surface area contributed by atoms with Crippen LogP contribution in [0, 0.1) is 0 Å². The second-order valence-corrected chi connectivity index (χ2v) is 13.0. The van der Waals surface area contributed by atoms with Crippen LogP contribution in [0.3, 0.4) is 0 Å². The lowest BCUT2D eigenvalue weighted by atomic mass is 10.0. The van der Waals surface area contributed by atoms with Gasteiger partial charge in [0.15, 0.2) is 10.8 Å². The lowest BCUT2D eigenvalue weighted by Gasteiger charge is -2.49. The summed E-state index contributed by atoms with van der Waals surface area (Å²) in [6, 6.07) is -0.929. The van der Waals surface area contributed by atoms with Crippen molar-refractivity contribution in [3.05, 3.63) is 22.3 Å². The summed E-state index contributed by atoms with van der Waals surface area (Å²) >= 11 is 3.89. The van der Waals surface area contributed by atoms with Crippen molar-refractivity contribution < 1.29 is 24.3 Å². The van der Waals surface area contributed by atoms with Crippen molar-refractivity contribution in [2.45, 2.75) is 88.3 Å². The minimum atomic E-state index is -1.20. The van der Waals surface area contributed by atoms with Crippen LogP contribution in [0.4, 0.5) is 5.13 Å². The molecular weight excluding hydrogens is 615 g/mol. The lowest BCUT2D eigenvalue weighted by molar-refractivity contribution is -0.150. The molecule has 2 amide bonds. The average molecular weight is 652 g/mol. The van der Waals surface area contributed by atoms with E-state index in [2.05, 4.69) is 44.8 Å². The quantitative estimate of drug-likeness (QED) is 0.0703. The highest BCUT2D eigenvalue weighted by Crippen LogP contribution is 2.41. The summed E-state index contributed by atoms with van der Waals surface area (Å²) < 4.78 is 1.73. The number of thioether (sulfide) groups is 2. The van der Waals surface area contributed by atoms with Gasteiger partial charge < -0.3 is 21.0 Å². The van der Waals surface area contributed by atoms with Gasteiger partial charge in [0, 0.05) is 23.4 Å². The average Bonchev–Trinajstić information content (AvgIpc) is 3.64. The van der Waals surface area contributed by atoms with Gasteiger partial charge >= 0.3 is 5.97 Å². The van der Waals surface area contributed by atoms with Gasteiger partial charge in [0.25, 0.3) is 11.8 Å². The van der Waals surface area contributed by atoms with Crippen LogP contribution in [0.15, 0.2) is 27.0 Å². The Bertz CT molecular complexity index is 1350. The number of aryl methyl sites for hydroxylation is 1. The van der Waals surface area contributed by atoms with Crippen molar-refractivity contribution in [3.63, 3.8) is 0 Å². The number of carbonyl (C=O) groups is 3. The van der Waals surface area contributed by atoms with Crippen LogP contribution in [0.5, 0.6) is 0 Å². The zero-order chi connectivity index (χ0) is 30.8. The molecule has 2 aliphatic rings. The second kappa shape index (κ2) is 16.0. The van der Waals surface area contributed by atoms with Gasteiger partial charge in [-0.15, -0.1) is 28.2 Å². The first-order chi connectivity index (χ1) is 20.8. The van der Waals surface area contributed by atoms with E-state index < -0.39 is 29.2 Å². The third kappa shape index (κ3) is 8.26.